The Hall–Kier alpha value is -2.38. The standard InChI is InChI=1S/C10H13N3O5/c1-13(4-6(14)15)10(16)7-8(17-2)11-5-12-9(7)18-3/h5H,4H2,1-3H3,(H,14,15). The van der Waals surface area contributed by atoms with E-state index in [9.17, 15) is 9.59 Å². The van der Waals surface area contributed by atoms with Crippen LogP contribution in [-0.4, -0.2) is 59.7 Å². The molecule has 0 fully saturated rings. The number of carboxylic acid groups (broad SMARTS) is 1. The fourth-order valence-electron chi connectivity index (χ4n) is 1.31. The highest BCUT2D eigenvalue weighted by Gasteiger charge is 2.25. The average Bonchev–Trinajstić information content (AvgIpc) is 2.35. The topological polar surface area (TPSA) is 102 Å². The minimum absolute atomic E-state index is 0.00810. The SMILES string of the molecule is COc1ncnc(OC)c1C(=O)N(C)CC(=O)O. The largest absolute Gasteiger partial charge is 0.480 e. The van der Waals surface area contributed by atoms with Crippen molar-refractivity contribution in [3.63, 3.8) is 0 Å². The zero-order valence-electron chi connectivity index (χ0n) is 10.2. The van der Waals surface area contributed by atoms with Gasteiger partial charge in [0.15, 0.2) is 5.56 Å². The highest BCUT2D eigenvalue weighted by atomic mass is 16.5. The van der Waals surface area contributed by atoms with Gasteiger partial charge in [-0.3, -0.25) is 9.59 Å². The number of nitrogens with zero attached hydrogens (tertiary/aromatic N) is 3. The first-order valence-corrected chi connectivity index (χ1v) is 4.91. The van der Waals surface area contributed by atoms with Gasteiger partial charge in [-0.2, -0.15) is 0 Å². The highest BCUT2D eigenvalue weighted by Crippen LogP contribution is 2.24. The van der Waals surface area contributed by atoms with Crippen LogP contribution in [0, 0.1) is 0 Å². The minimum Gasteiger partial charge on any atom is -0.480 e. The molecule has 0 aliphatic heterocycles. The van der Waals surface area contributed by atoms with E-state index < -0.39 is 18.4 Å². The molecule has 1 rings (SSSR count). The lowest BCUT2D eigenvalue weighted by Crippen LogP contribution is -2.32. The van der Waals surface area contributed by atoms with Gasteiger partial charge in [-0.25, -0.2) is 9.97 Å². The summed E-state index contributed by atoms with van der Waals surface area (Å²) in [6.45, 7) is -0.444. The van der Waals surface area contributed by atoms with Crippen molar-refractivity contribution in [3.8, 4) is 11.8 Å². The number of aliphatic carboxylic acids is 1. The van der Waals surface area contributed by atoms with E-state index in [4.69, 9.17) is 14.6 Å². The van der Waals surface area contributed by atoms with Crippen LogP contribution in [0.15, 0.2) is 6.33 Å². The Labute approximate surface area is 103 Å². The van der Waals surface area contributed by atoms with Gasteiger partial charge in [-0.15, -0.1) is 0 Å². The van der Waals surface area contributed by atoms with Crippen LogP contribution in [0.3, 0.4) is 0 Å². The second-order valence-electron chi connectivity index (χ2n) is 3.32. The van der Waals surface area contributed by atoms with Gasteiger partial charge < -0.3 is 19.5 Å². The number of aromatic nitrogens is 2. The van der Waals surface area contributed by atoms with Gasteiger partial charge in [0.2, 0.25) is 11.8 Å². The van der Waals surface area contributed by atoms with Crippen LogP contribution in [0.5, 0.6) is 11.8 Å². The van der Waals surface area contributed by atoms with Crippen LogP contribution in [-0.2, 0) is 4.79 Å². The molecule has 0 spiro atoms. The number of carbonyl (C=O) groups excluding carboxylic acids is 1. The number of methoxy groups -OCH3 is 2. The summed E-state index contributed by atoms with van der Waals surface area (Å²) in [6, 6.07) is 0. The Morgan fingerprint density at radius 2 is 1.78 bits per heavy atom. The normalized spacial score (nSPS) is 9.72. The molecular formula is C10H13N3O5. The monoisotopic (exact) mass is 255 g/mol. The predicted octanol–water partition coefficient (Wildman–Crippen LogP) is -0.350. The Balaban J connectivity index is 3.14. The van der Waals surface area contributed by atoms with Gasteiger partial charge in [0.1, 0.15) is 12.9 Å². The molecule has 0 unspecified atom stereocenters. The summed E-state index contributed by atoms with van der Waals surface area (Å²) >= 11 is 0. The quantitative estimate of drug-likeness (QED) is 0.767. The number of amides is 1. The fraction of sp³-hybridized carbons (Fsp3) is 0.400. The summed E-state index contributed by atoms with van der Waals surface area (Å²) in [7, 11) is 4.04. The number of carbonyl (C=O) groups is 2. The second kappa shape index (κ2) is 5.80. The van der Waals surface area contributed by atoms with Gasteiger partial charge in [0.25, 0.3) is 5.91 Å². The Kier molecular flexibility index (Phi) is 4.41. The maximum absolute atomic E-state index is 12.1. The number of ether oxygens (including phenoxy) is 2. The summed E-state index contributed by atoms with van der Waals surface area (Å²) in [5.74, 6) is -1.65. The molecule has 0 aromatic carbocycles. The molecule has 0 bridgehead atoms. The van der Waals surface area contributed by atoms with Gasteiger partial charge >= 0.3 is 5.97 Å². The van der Waals surface area contributed by atoms with E-state index in [-0.39, 0.29) is 17.3 Å². The maximum atomic E-state index is 12.1. The zero-order valence-corrected chi connectivity index (χ0v) is 10.2. The highest BCUT2D eigenvalue weighted by molar-refractivity contribution is 5.99. The molecule has 0 radical (unpaired) electrons. The van der Waals surface area contributed by atoms with E-state index in [1.807, 2.05) is 0 Å². The van der Waals surface area contributed by atoms with E-state index in [0.717, 1.165) is 4.90 Å². The lowest BCUT2D eigenvalue weighted by molar-refractivity contribution is -0.137. The van der Waals surface area contributed by atoms with E-state index in [0.29, 0.717) is 0 Å². The number of hydrogen-bond acceptors (Lipinski definition) is 6. The van der Waals surface area contributed by atoms with E-state index >= 15 is 0 Å². The van der Waals surface area contributed by atoms with Crippen molar-refractivity contribution in [2.75, 3.05) is 27.8 Å². The Morgan fingerprint density at radius 3 is 2.17 bits per heavy atom. The van der Waals surface area contributed by atoms with E-state index in [1.54, 1.807) is 0 Å². The number of likely N-dealkylation sites (N-methyl/N-ethyl adjacent to an activating group) is 1. The molecule has 1 amide bonds. The first-order chi connectivity index (χ1) is 8.51. The molecule has 0 saturated carbocycles. The average molecular weight is 255 g/mol. The van der Waals surface area contributed by atoms with E-state index in [2.05, 4.69) is 9.97 Å². The minimum atomic E-state index is -1.12. The molecule has 0 aliphatic rings. The van der Waals surface area contributed by atoms with Crippen molar-refractivity contribution in [1.82, 2.24) is 14.9 Å². The van der Waals surface area contributed by atoms with Crippen molar-refractivity contribution >= 4 is 11.9 Å². The fourth-order valence-corrected chi connectivity index (χ4v) is 1.31. The summed E-state index contributed by atoms with van der Waals surface area (Å²) in [5.41, 5.74) is -0.00810. The van der Waals surface area contributed by atoms with Gasteiger partial charge in [0.05, 0.1) is 14.2 Å². The molecule has 18 heavy (non-hydrogen) atoms. The Morgan fingerprint density at radius 1 is 1.28 bits per heavy atom. The van der Waals surface area contributed by atoms with Crippen molar-refractivity contribution in [2.24, 2.45) is 0 Å². The van der Waals surface area contributed by atoms with Gasteiger partial charge in [-0.1, -0.05) is 0 Å². The molecule has 1 heterocycles. The smallest absolute Gasteiger partial charge is 0.323 e. The van der Waals surface area contributed by atoms with Crippen LogP contribution in [0.25, 0.3) is 0 Å². The maximum Gasteiger partial charge on any atom is 0.323 e. The third kappa shape index (κ3) is 2.84. The molecule has 0 saturated heterocycles. The lowest BCUT2D eigenvalue weighted by Gasteiger charge is -2.17. The molecule has 1 aromatic rings. The van der Waals surface area contributed by atoms with Crippen LogP contribution < -0.4 is 9.47 Å². The van der Waals surface area contributed by atoms with Gasteiger partial charge in [0, 0.05) is 7.05 Å². The molecule has 1 aromatic heterocycles. The van der Waals surface area contributed by atoms with Crippen LogP contribution in [0.4, 0.5) is 0 Å². The summed E-state index contributed by atoms with van der Waals surface area (Å²) in [6.07, 6.45) is 1.19. The molecule has 98 valence electrons. The molecule has 0 aliphatic carbocycles. The number of rotatable bonds is 5. The molecular weight excluding hydrogens is 242 g/mol. The molecule has 0 atom stereocenters. The van der Waals surface area contributed by atoms with Crippen molar-refractivity contribution in [1.29, 1.82) is 0 Å². The van der Waals surface area contributed by atoms with Crippen LogP contribution >= 0.6 is 0 Å². The summed E-state index contributed by atoms with van der Waals surface area (Å²) < 4.78 is 9.88. The van der Waals surface area contributed by atoms with Gasteiger partial charge in [-0.05, 0) is 0 Å². The first-order valence-electron chi connectivity index (χ1n) is 4.91. The van der Waals surface area contributed by atoms with E-state index in [1.165, 1.54) is 27.6 Å². The second-order valence-corrected chi connectivity index (χ2v) is 3.32. The predicted molar refractivity (Wildman–Crippen MR) is 59.7 cm³/mol. The lowest BCUT2D eigenvalue weighted by atomic mass is 10.2. The molecule has 8 heteroatoms. The number of hydrogen-bond donors (Lipinski definition) is 1. The third-order valence-corrected chi connectivity index (χ3v) is 2.10. The Bertz CT molecular complexity index is 441. The summed E-state index contributed by atoms with van der Waals surface area (Å²) in [4.78, 5) is 31.2. The molecule has 1 N–H and O–H groups in total. The van der Waals surface area contributed by atoms with Crippen molar-refractivity contribution in [2.45, 2.75) is 0 Å². The molecule has 8 nitrogen and oxygen atoms in total. The number of carboxylic acids is 1. The summed E-state index contributed by atoms with van der Waals surface area (Å²) in [5, 5.41) is 8.65. The van der Waals surface area contributed by atoms with Crippen LogP contribution in [0.1, 0.15) is 10.4 Å². The van der Waals surface area contributed by atoms with Crippen molar-refractivity contribution < 1.29 is 24.2 Å². The van der Waals surface area contributed by atoms with Crippen molar-refractivity contribution in [3.05, 3.63) is 11.9 Å². The zero-order chi connectivity index (χ0) is 13.7. The first kappa shape index (κ1) is 13.7. The third-order valence-electron chi connectivity index (χ3n) is 2.10. The van der Waals surface area contributed by atoms with Crippen LogP contribution in [0.2, 0.25) is 0 Å².